The van der Waals surface area contributed by atoms with Gasteiger partial charge in [-0.05, 0) is 32.2 Å². The molecule has 0 aliphatic carbocycles. The van der Waals surface area contributed by atoms with Crippen LogP contribution in [0.1, 0.15) is 42.7 Å². The van der Waals surface area contributed by atoms with Gasteiger partial charge in [-0.1, -0.05) is 38.7 Å². The van der Waals surface area contributed by atoms with E-state index in [4.69, 9.17) is 9.15 Å². The quantitative estimate of drug-likeness (QED) is 0.510. The molecule has 0 aliphatic rings. The van der Waals surface area contributed by atoms with Crippen LogP contribution in [0.25, 0.3) is 5.57 Å². The van der Waals surface area contributed by atoms with Gasteiger partial charge in [-0.25, -0.2) is 4.98 Å². The van der Waals surface area contributed by atoms with Gasteiger partial charge in [0.15, 0.2) is 6.29 Å². The monoisotopic (exact) mass is 386 g/mol. The number of nitrogens with zero attached hydrogens (tertiary/aromatic N) is 1. The topological polar surface area (TPSA) is 98.6 Å². The van der Waals surface area contributed by atoms with Crippen molar-refractivity contribution >= 4 is 11.9 Å². The van der Waals surface area contributed by atoms with Crippen molar-refractivity contribution in [1.82, 2.24) is 4.98 Å². The highest BCUT2D eigenvalue weighted by atomic mass is 16.5. The van der Waals surface area contributed by atoms with Crippen LogP contribution in [0.2, 0.25) is 0 Å². The molecule has 2 rings (SSSR count). The Balaban J connectivity index is 0.00000171. The maximum atomic E-state index is 10.7. The van der Waals surface area contributed by atoms with Crippen LogP contribution in [0.5, 0.6) is 11.5 Å². The summed E-state index contributed by atoms with van der Waals surface area (Å²) in [6, 6.07) is 4.55. The number of rotatable bonds is 8. The summed E-state index contributed by atoms with van der Waals surface area (Å²) in [5, 5.41) is 9.61. The minimum atomic E-state index is -0.101. The molecule has 6 heteroatoms. The lowest BCUT2D eigenvalue weighted by Gasteiger charge is -2.06. The molecule has 6 nitrogen and oxygen atoms in total. The maximum absolute atomic E-state index is 10.7. The lowest BCUT2D eigenvalue weighted by molar-refractivity contribution is 0.112. The molecule has 0 fully saturated rings. The Bertz CT molecular complexity index is 777. The van der Waals surface area contributed by atoms with Crippen LogP contribution < -0.4 is 10.5 Å². The predicted molar refractivity (Wildman–Crippen MR) is 114 cm³/mol. The van der Waals surface area contributed by atoms with Crippen molar-refractivity contribution in [2.75, 3.05) is 13.7 Å². The Morgan fingerprint density at radius 3 is 2.64 bits per heavy atom. The SMILES string of the molecule is C=C/C(=C\C=C/C)c1nc(CCOc2ccc(C=O)c(O)c2)co1.CC.CN. The molecule has 0 amide bonds. The molecule has 0 bridgehead atoms. The van der Waals surface area contributed by atoms with Gasteiger partial charge in [-0.3, -0.25) is 4.79 Å². The summed E-state index contributed by atoms with van der Waals surface area (Å²) in [5.74, 6) is 0.892. The fourth-order valence-corrected chi connectivity index (χ4v) is 1.97. The number of aldehydes is 1. The van der Waals surface area contributed by atoms with Gasteiger partial charge in [-0.15, -0.1) is 0 Å². The van der Waals surface area contributed by atoms with Crippen molar-refractivity contribution in [2.24, 2.45) is 5.73 Å². The molecule has 0 radical (unpaired) electrons. The minimum Gasteiger partial charge on any atom is -0.507 e. The first-order chi connectivity index (χ1) is 13.7. The Kier molecular flexibility index (Phi) is 13.3. The van der Waals surface area contributed by atoms with Gasteiger partial charge in [-0.2, -0.15) is 0 Å². The van der Waals surface area contributed by atoms with Crippen molar-refractivity contribution in [1.29, 1.82) is 0 Å². The van der Waals surface area contributed by atoms with Crippen LogP contribution >= 0.6 is 0 Å². The summed E-state index contributed by atoms with van der Waals surface area (Å²) < 4.78 is 11.0. The first-order valence-corrected chi connectivity index (χ1v) is 9.07. The van der Waals surface area contributed by atoms with Crippen LogP contribution in [0, 0.1) is 0 Å². The van der Waals surface area contributed by atoms with E-state index in [0.717, 1.165) is 11.3 Å². The molecule has 3 N–H and O–H groups in total. The van der Waals surface area contributed by atoms with E-state index in [-0.39, 0.29) is 11.3 Å². The second-order valence-electron chi connectivity index (χ2n) is 4.93. The fourth-order valence-electron chi connectivity index (χ4n) is 1.97. The molecule has 28 heavy (non-hydrogen) atoms. The number of phenolic OH excluding ortho intramolecular Hbond substituents is 1. The lowest BCUT2D eigenvalue weighted by Crippen LogP contribution is -2.02. The number of aromatic nitrogens is 1. The summed E-state index contributed by atoms with van der Waals surface area (Å²) in [4.78, 5) is 15.0. The number of aromatic hydroxyl groups is 1. The zero-order valence-electron chi connectivity index (χ0n) is 17.0. The van der Waals surface area contributed by atoms with Crippen molar-refractivity contribution in [2.45, 2.75) is 27.2 Å². The molecule has 0 unspecified atom stereocenters. The minimum absolute atomic E-state index is 0.101. The molecule has 1 heterocycles. The maximum Gasteiger partial charge on any atom is 0.226 e. The van der Waals surface area contributed by atoms with Crippen LogP contribution in [0.4, 0.5) is 0 Å². The largest absolute Gasteiger partial charge is 0.507 e. The molecule has 2 aromatic rings. The van der Waals surface area contributed by atoms with E-state index in [1.165, 1.54) is 19.2 Å². The fraction of sp³-hybridized carbons (Fsp3) is 0.273. The average molecular weight is 386 g/mol. The zero-order chi connectivity index (χ0) is 21.4. The van der Waals surface area contributed by atoms with Crippen molar-refractivity contribution in [3.8, 4) is 11.5 Å². The molecule has 1 aromatic heterocycles. The second-order valence-corrected chi connectivity index (χ2v) is 4.93. The number of phenols is 1. The summed E-state index contributed by atoms with van der Waals surface area (Å²) in [5.41, 5.74) is 6.29. The highest BCUT2D eigenvalue weighted by Crippen LogP contribution is 2.22. The van der Waals surface area contributed by atoms with Gasteiger partial charge in [0.2, 0.25) is 5.89 Å². The highest BCUT2D eigenvalue weighted by Gasteiger charge is 2.07. The van der Waals surface area contributed by atoms with Gasteiger partial charge < -0.3 is 20.0 Å². The first kappa shape index (κ1) is 24.9. The number of benzene rings is 1. The number of oxazole rings is 1. The number of ether oxygens (including phenoxy) is 1. The van der Waals surface area contributed by atoms with E-state index in [2.05, 4.69) is 17.3 Å². The molecule has 0 aliphatic heterocycles. The van der Waals surface area contributed by atoms with Gasteiger partial charge in [0.05, 0.1) is 17.9 Å². The lowest BCUT2D eigenvalue weighted by atomic mass is 10.2. The number of hydrogen-bond donors (Lipinski definition) is 2. The molecule has 0 saturated heterocycles. The van der Waals surface area contributed by atoms with Crippen molar-refractivity contribution < 1.29 is 19.1 Å². The Labute approximate surface area is 167 Å². The summed E-state index contributed by atoms with van der Waals surface area (Å²) in [7, 11) is 1.50. The highest BCUT2D eigenvalue weighted by molar-refractivity contribution is 5.79. The third-order valence-electron chi connectivity index (χ3n) is 3.24. The summed E-state index contributed by atoms with van der Waals surface area (Å²) in [6.07, 6.45) is 10.1. The Morgan fingerprint density at radius 1 is 1.36 bits per heavy atom. The first-order valence-electron chi connectivity index (χ1n) is 9.07. The van der Waals surface area contributed by atoms with Crippen LogP contribution in [0.15, 0.2) is 59.8 Å². The van der Waals surface area contributed by atoms with E-state index >= 15 is 0 Å². The third kappa shape index (κ3) is 8.05. The Hall–Kier alpha value is -3.12. The van der Waals surface area contributed by atoms with E-state index in [9.17, 15) is 9.90 Å². The average Bonchev–Trinajstić information content (AvgIpc) is 3.20. The van der Waals surface area contributed by atoms with Gasteiger partial charge >= 0.3 is 0 Å². The van der Waals surface area contributed by atoms with E-state index in [1.807, 2.05) is 39.0 Å². The number of carbonyl (C=O) groups is 1. The normalized spacial score (nSPS) is 10.4. The van der Waals surface area contributed by atoms with E-state index in [0.29, 0.717) is 31.0 Å². The molecular weight excluding hydrogens is 356 g/mol. The number of hydrogen-bond acceptors (Lipinski definition) is 6. The standard InChI is InChI=1S/C19H19NO4.C2H6.CH5N/c1-3-5-6-14(4-2)19-20-16(13-24-19)9-10-23-17-8-7-15(12-21)18(22)11-17;2*1-2/h3-8,11-13,22H,2,9-10H2,1H3;1-2H3;2H2,1H3/b5-3-,14-6+;;. The van der Waals surface area contributed by atoms with Gasteiger partial charge in [0, 0.05) is 18.1 Å². The summed E-state index contributed by atoms with van der Waals surface area (Å²) in [6.45, 7) is 10.0. The molecular formula is C22H30N2O4. The molecule has 152 valence electrons. The van der Waals surface area contributed by atoms with Gasteiger partial charge in [0.25, 0.3) is 0 Å². The zero-order valence-corrected chi connectivity index (χ0v) is 17.0. The number of nitrogens with two attached hydrogens (primary N) is 1. The van der Waals surface area contributed by atoms with Gasteiger partial charge in [0.1, 0.15) is 17.8 Å². The van der Waals surface area contributed by atoms with E-state index < -0.39 is 0 Å². The van der Waals surface area contributed by atoms with Crippen molar-refractivity contribution in [3.05, 3.63) is 72.5 Å². The van der Waals surface area contributed by atoms with Crippen LogP contribution in [-0.4, -0.2) is 30.0 Å². The molecule has 0 saturated carbocycles. The summed E-state index contributed by atoms with van der Waals surface area (Å²) >= 11 is 0. The second kappa shape index (κ2) is 15.0. The predicted octanol–water partition coefficient (Wildman–Crippen LogP) is 4.56. The van der Waals surface area contributed by atoms with Crippen LogP contribution in [0.3, 0.4) is 0 Å². The van der Waals surface area contributed by atoms with Crippen LogP contribution in [-0.2, 0) is 6.42 Å². The number of allylic oxidation sites excluding steroid dienone is 5. The smallest absolute Gasteiger partial charge is 0.226 e. The molecule has 1 aromatic carbocycles. The number of carbonyl (C=O) groups excluding carboxylic acids is 1. The third-order valence-corrected chi connectivity index (χ3v) is 3.24. The Morgan fingerprint density at radius 2 is 2.07 bits per heavy atom. The molecule has 0 spiro atoms. The molecule has 0 atom stereocenters. The van der Waals surface area contributed by atoms with Crippen molar-refractivity contribution in [3.63, 3.8) is 0 Å². The van der Waals surface area contributed by atoms with E-state index in [1.54, 1.807) is 18.4 Å².